The minimum Gasteiger partial charge on any atom is -0.397 e. The molecule has 0 radical (unpaired) electrons. The summed E-state index contributed by atoms with van der Waals surface area (Å²) in [5.41, 5.74) is 7.85. The van der Waals surface area contributed by atoms with E-state index in [1.807, 2.05) is 19.1 Å². The van der Waals surface area contributed by atoms with Crippen molar-refractivity contribution in [2.45, 2.75) is 39.5 Å². The van der Waals surface area contributed by atoms with Crippen LogP contribution >= 0.6 is 11.3 Å². The molecule has 3 N–H and O–H groups in total. The Morgan fingerprint density at radius 2 is 2.14 bits per heavy atom. The number of thiophene rings is 1. The predicted octanol–water partition coefficient (Wildman–Crippen LogP) is 3.50. The number of hydrogen-bond donors (Lipinski definition) is 2. The van der Waals surface area contributed by atoms with E-state index in [-0.39, 0.29) is 11.3 Å². The van der Waals surface area contributed by atoms with E-state index in [0.29, 0.717) is 10.6 Å². The van der Waals surface area contributed by atoms with Crippen LogP contribution in [0.4, 0.5) is 5.69 Å². The fourth-order valence-corrected chi connectivity index (χ4v) is 4.09. The lowest BCUT2D eigenvalue weighted by molar-refractivity contribution is 0.0939. The summed E-state index contributed by atoms with van der Waals surface area (Å²) in [5.74, 6) is -0.0683. The van der Waals surface area contributed by atoms with Crippen LogP contribution in [0.2, 0.25) is 0 Å². The number of amides is 1. The van der Waals surface area contributed by atoms with E-state index >= 15 is 0 Å². The first-order chi connectivity index (χ1) is 9.98. The average Bonchev–Trinajstić information content (AvgIpc) is 3.01. The zero-order valence-electron chi connectivity index (χ0n) is 12.5. The van der Waals surface area contributed by atoms with Gasteiger partial charge in [0.25, 0.3) is 5.91 Å². The number of fused-ring (bicyclic) bond motifs is 1. The lowest BCUT2D eigenvalue weighted by atomic mass is 9.89. The number of rotatable bonds is 3. The molecular formula is C16H21N3OS. The molecule has 0 bridgehead atoms. The van der Waals surface area contributed by atoms with E-state index in [4.69, 9.17) is 5.73 Å². The van der Waals surface area contributed by atoms with Crippen LogP contribution in [0.1, 0.15) is 48.0 Å². The molecule has 2 heterocycles. The van der Waals surface area contributed by atoms with Gasteiger partial charge in [-0.25, -0.2) is 4.98 Å². The van der Waals surface area contributed by atoms with Crippen LogP contribution in [0.25, 0.3) is 10.2 Å². The van der Waals surface area contributed by atoms with E-state index < -0.39 is 0 Å². The van der Waals surface area contributed by atoms with Crippen LogP contribution in [0.15, 0.2) is 12.1 Å². The van der Waals surface area contributed by atoms with Crippen molar-refractivity contribution < 1.29 is 4.79 Å². The highest BCUT2D eigenvalue weighted by Gasteiger charge is 2.29. The van der Waals surface area contributed by atoms with Crippen molar-refractivity contribution in [2.24, 2.45) is 5.41 Å². The van der Waals surface area contributed by atoms with Gasteiger partial charge in [0.15, 0.2) is 0 Å². The standard InChI is InChI=1S/C16H21N3OS/c1-10-5-6-11-12(17)13(21-15(11)19-10)14(20)18-9-16(2)7-3-4-8-16/h5-6H,3-4,7-9,17H2,1-2H3,(H,18,20). The molecule has 1 saturated carbocycles. The Morgan fingerprint density at radius 3 is 2.86 bits per heavy atom. The maximum absolute atomic E-state index is 12.4. The molecule has 1 aliphatic carbocycles. The summed E-state index contributed by atoms with van der Waals surface area (Å²) in [6.07, 6.45) is 4.91. The summed E-state index contributed by atoms with van der Waals surface area (Å²) >= 11 is 1.38. The average molecular weight is 303 g/mol. The number of pyridine rings is 1. The third kappa shape index (κ3) is 2.75. The van der Waals surface area contributed by atoms with Gasteiger partial charge in [-0.1, -0.05) is 19.8 Å². The molecule has 0 aromatic carbocycles. The monoisotopic (exact) mass is 303 g/mol. The highest BCUT2D eigenvalue weighted by Crippen LogP contribution is 2.37. The van der Waals surface area contributed by atoms with Gasteiger partial charge in [-0.15, -0.1) is 11.3 Å². The minimum absolute atomic E-state index is 0.0683. The summed E-state index contributed by atoms with van der Waals surface area (Å²) in [6, 6.07) is 3.87. The van der Waals surface area contributed by atoms with Gasteiger partial charge in [0.1, 0.15) is 9.71 Å². The Hall–Kier alpha value is -1.62. The van der Waals surface area contributed by atoms with Crippen LogP contribution in [-0.2, 0) is 0 Å². The Kier molecular flexibility index (Phi) is 3.61. The van der Waals surface area contributed by atoms with Crippen LogP contribution in [-0.4, -0.2) is 17.4 Å². The molecule has 5 heteroatoms. The summed E-state index contributed by atoms with van der Waals surface area (Å²) < 4.78 is 0. The van der Waals surface area contributed by atoms with Gasteiger partial charge in [-0.05, 0) is 37.3 Å². The molecular weight excluding hydrogens is 282 g/mol. The minimum atomic E-state index is -0.0683. The summed E-state index contributed by atoms with van der Waals surface area (Å²) in [6.45, 7) is 4.92. The molecule has 1 fully saturated rings. The zero-order valence-corrected chi connectivity index (χ0v) is 13.3. The third-order valence-electron chi connectivity index (χ3n) is 4.43. The number of aryl methyl sites for hydroxylation is 1. The summed E-state index contributed by atoms with van der Waals surface area (Å²) in [7, 11) is 0. The van der Waals surface area contributed by atoms with Crippen molar-refractivity contribution in [3.8, 4) is 0 Å². The maximum Gasteiger partial charge on any atom is 0.263 e. The molecule has 0 unspecified atom stereocenters. The van der Waals surface area contributed by atoms with Crippen LogP contribution < -0.4 is 11.1 Å². The molecule has 0 atom stereocenters. The highest BCUT2D eigenvalue weighted by molar-refractivity contribution is 7.21. The molecule has 3 rings (SSSR count). The van der Waals surface area contributed by atoms with Crippen LogP contribution in [0, 0.1) is 12.3 Å². The zero-order chi connectivity index (χ0) is 15.0. The molecule has 0 aliphatic heterocycles. The van der Waals surface area contributed by atoms with Gasteiger partial charge in [-0.3, -0.25) is 4.79 Å². The number of nitrogens with one attached hydrogen (secondary N) is 1. The lowest BCUT2D eigenvalue weighted by Gasteiger charge is -2.23. The van der Waals surface area contributed by atoms with Gasteiger partial charge in [0.05, 0.1) is 5.69 Å². The predicted molar refractivity (Wildman–Crippen MR) is 87.7 cm³/mol. The van der Waals surface area contributed by atoms with Gasteiger partial charge >= 0.3 is 0 Å². The first-order valence-corrected chi connectivity index (χ1v) is 8.24. The van der Waals surface area contributed by atoms with Crippen LogP contribution in [0.3, 0.4) is 0 Å². The Bertz CT molecular complexity index is 686. The molecule has 0 spiro atoms. The smallest absolute Gasteiger partial charge is 0.263 e. The largest absolute Gasteiger partial charge is 0.397 e. The van der Waals surface area contributed by atoms with Crippen molar-refractivity contribution in [1.82, 2.24) is 10.3 Å². The van der Waals surface area contributed by atoms with Crippen molar-refractivity contribution >= 4 is 33.1 Å². The number of hydrogen-bond acceptors (Lipinski definition) is 4. The van der Waals surface area contributed by atoms with Crippen molar-refractivity contribution in [1.29, 1.82) is 0 Å². The number of nitrogens with two attached hydrogens (primary N) is 1. The van der Waals surface area contributed by atoms with Gasteiger partial charge < -0.3 is 11.1 Å². The fraction of sp³-hybridized carbons (Fsp3) is 0.500. The van der Waals surface area contributed by atoms with Gasteiger partial charge in [0.2, 0.25) is 0 Å². The molecule has 2 aromatic heterocycles. The van der Waals surface area contributed by atoms with E-state index in [1.54, 1.807) is 0 Å². The quantitative estimate of drug-likeness (QED) is 0.912. The summed E-state index contributed by atoms with van der Waals surface area (Å²) in [5, 5.41) is 3.94. The van der Waals surface area contributed by atoms with Crippen molar-refractivity contribution in [2.75, 3.05) is 12.3 Å². The molecule has 112 valence electrons. The topological polar surface area (TPSA) is 68.0 Å². The molecule has 2 aromatic rings. The number of aromatic nitrogens is 1. The van der Waals surface area contributed by atoms with Crippen molar-refractivity contribution in [3.63, 3.8) is 0 Å². The molecule has 1 amide bonds. The lowest BCUT2D eigenvalue weighted by Crippen LogP contribution is -2.34. The van der Waals surface area contributed by atoms with E-state index in [2.05, 4.69) is 17.2 Å². The van der Waals surface area contributed by atoms with E-state index in [0.717, 1.165) is 22.5 Å². The van der Waals surface area contributed by atoms with Crippen LogP contribution in [0.5, 0.6) is 0 Å². The number of carbonyl (C=O) groups is 1. The Morgan fingerprint density at radius 1 is 1.43 bits per heavy atom. The number of nitrogen functional groups attached to an aromatic ring is 1. The first kappa shape index (κ1) is 14.3. The van der Waals surface area contributed by atoms with Gasteiger partial charge in [0, 0.05) is 17.6 Å². The molecule has 4 nitrogen and oxygen atoms in total. The van der Waals surface area contributed by atoms with Crippen molar-refractivity contribution in [3.05, 3.63) is 22.7 Å². The maximum atomic E-state index is 12.4. The van der Waals surface area contributed by atoms with E-state index in [9.17, 15) is 4.79 Å². The second-order valence-electron chi connectivity index (χ2n) is 6.35. The Labute approximate surface area is 128 Å². The number of anilines is 1. The number of carbonyl (C=O) groups excluding carboxylic acids is 1. The fourth-order valence-electron chi connectivity index (χ4n) is 3.04. The SMILES string of the molecule is Cc1ccc2c(N)c(C(=O)NCC3(C)CCCC3)sc2n1. The second-order valence-corrected chi connectivity index (χ2v) is 7.35. The molecule has 0 saturated heterocycles. The van der Waals surface area contributed by atoms with Gasteiger partial charge in [-0.2, -0.15) is 0 Å². The van der Waals surface area contributed by atoms with E-state index in [1.165, 1.54) is 37.0 Å². The normalized spacial score (nSPS) is 17.2. The molecule has 21 heavy (non-hydrogen) atoms. The number of nitrogens with zero attached hydrogens (tertiary/aromatic N) is 1. The second kappa shape index (κ2) is 5.30. The first-order valence-electron chi connectivity index (χ1n) is 7.42. The highest BCUT2D eigenvalue weighted by atomic mass is 32.1. The molecule has 1 aliphatic rings. The summed E-state index contributed by atoms with van der Waals surface area (Å²) in [4.78, 5) is 18.3. The third-order valence-corrected chi connectivity index (χ3v) is 5.54. The Balaban J connectivity index is 1.79.